The number of aliphatic carboxylic acids is 6. The minimum atomic E-state index is -1.08. The molecule has 14 heteroatoms. The summed E-state index contributed by atoms with van der Waals surface area (Å²) in [5.41, 5.74) is 0. The monoisotopic (exact) mass is 483 g/mol. The Bertz CT molecular complexity index is 344. The molecular formula is C18H38NNaO12. The molecular weight excluding hydrogens is 445 g/mol. The molecule has 0 aliphatic heterocycles. The Balaban J connectivity index is -0.0000000353. The summed E-state index contributed by atoms with van der Waals surface area (Å²) in [7, 11) is 0. The van der Waals surface area contributed by atoms with Gasteiger partial charge in [-0.2, -0.15) is 0 Å². The van der Waals surface area contributed by atoms with Crippen LogP contribution in [0.4, 0.5) is 0 Å². The Morgan fingerprint density at radius 1 is 0.531 bits per heavy atom. The number of hydrogen-bond donors (Lipinski definition) is 5. The minimum absolute atomic E-state index is 0. The molecule has 13 nitrogen and oxygen atoms in total. The van der Waals surface area contributed by atoms with Gasteiger partial charge in [-0.25, -0.2) is 0 Å². The van der Waals surface area contributed by atoms with E-state index >= 15 is 0 Å². The maximum absolute atomic E-state index is 9.00. The summed E-state index contributed by atoms with van der Waals surface area (Å²) in [6.07, 6.45) is 0. The predicted molar refractivity (Wildman–Crippen MR) is 107 cm³/mol. The van der Waals surface area contributed by atoms with Crippen LogP contribution in [0.1, 0.15) is 62.3 Å². The quantitative estimate of drug-likeness (QED) is 0.237. The predicted octanol–water partition coefficient (Wildman–Crippen LogP) is -5.19. The average Bonchev–Trinajstić information content (AvgIpc) is 2.45. The topological polar surface area (TPSA) is 234 Å². The van der Waals surface area contributed by atoms with Gasteiger partial charge >= 0.3 is 29.6 Å². The molecule has 5 N–H and O–H groups in total. The van der Waals surface area contributed by atoms with Crippen LogP contribution in [-0.2, 0) is 28.8 Å². The summed E-state index contributed by atoms with van der Waals surface area (Å²) in [4.78, 5) is 55.5. The molecule has 0 saturated carbocycles. The Hall–Kier alpha value is -2.22. The molecule has 0 aromatic heterocycles. The van der Waals surface area contributed by atoms with Crippen molar-refractivity contribution in [2.75, 3.05) is 19.6 Å². The van der Waals surface area contributed by atoms with Crippen LogP contribution in [0.15, 0.2) is 0 Å². The van der Waals surface area contributed by atoms with Crippen LogP contribution in [0.25, 0.3) is 0 Å². The van der Waals surface area contributed by atoms with Crippen LogP contribution < -0.4 is 44.7 Å². The van der Waals surface area contributed by atoms with Crippen molar-refractivity contribution in [3.05, 3.63) is 0 Å². The van der Waals surface area contributed by atoms with Crippen molar-refractivity contribution in [3.63, 3.8) is 0 Å². The summed E-state index contributed by atoms with van der Waals surface area (Å²) in [5.74, 6) is -5.50. The first-order valence-electron chi connectivity index (χ1n) is 8.71. The number of carbonyl (C=O) groups excluding carboxylic acids is 2. The van der Waals surface area contributed by atoms with E-state index < -0.39 is 35.8 Å². The summed E-state index contributed by atoms with van der Waals surface area (Å²) in [6.45, 7) is 16.8. The van der Waals surface area contributed by atoms with Gasteiger partial charge in [0.05, 0.1) is 19.6 Å². The van der Waals surface area contributed by atoms with Crippen molar-refractivity contribution in [2.24, 2.45) is 0 Å². The van der Waals surface area contributed by atoms with Gasteiger partial charge in [0.1, 0.15) is 0 Å². The average molecular weight is 483 g/mol. The third kappa shape index (κ3) is 1390. The zero-order chi connectivity index (χ0) is 27.2. The van der Waals surface area contributed by atoms with E-state index in [9.17, 15) is 0 Å². The summed E-state index contributed by atoms with van der Waals surface area (Å²) >= 11 is 0. The molecule has 0 bridgehead atoms. The van der Waals surface area contributed by atoms with E-state index in [0.717, 1.165) is 41.5 Å². The first-order chi connectivity index (χ1) is 13.7. The molecule has 0 amide bonds. The summed E-state index contributed by atoms with van der Waals surface area (Å²) in [6, 6.07) is 0. The van der Waals surface area contributed by atoms with E-state index in [4.69, 9.17) is 59.4 Å². The zero-order valence-electron chi connectivity index (χ0n) is 20.7. The second-order valence-electron chi connectivity index (χ2n) is 4.87. The van der Waals surface area contributed by atoms with Gasteiger partial charge in [-0.15, -0.1) is 0 Å². The van der Waals surface area contributed by atoms with Gasteiger partial charge in [-0.3, -0.25) is 19.2 Å². The fraction of sp³-hybridized carbons (Fsp3) is 0.667. The number of hydrogen-bond acceptors (Lipinski definition) is 8. The number of carbonyl (C=O) groups is 6. The van der Waals surface area contributed by atoms with Crippen molar-refractivity contribution in [1.29, 1.82) is 0 Å². The Morgan fingerprint density at radius 3 is 0.594 bits per heavy atom. The number of nitrogens with one attached hydrogen (secondary N) is 1. The van der Waals surface area contributed by atoms with Crippen molar-refractivity contribution < 1.29 is 93.9 Å². The standard InChI is InChI=1S/C6H15N.6C2H4O2.Na/c1-4-7(5-2)6-3;6*1-2(3)4;/h4-6H2,1-3H3;6*1H3,(H,3,4);/q;;;;;;;+1/p-1. The number of carboxylic acids is 6. The number of quaternary nitrogens is 1. The normalized spacial score (nSPS) is 6.94. The SMILES string of the molecule is CC(=O)O.CC(=O)O.CC(=O)O.CC(=O)O.CC(=O)[O-].CC(=O)[O-].CC[NH+](CC)CC.[Na+]. The van der Waals surface area contributed by atoms with Gasteiger partial charge in [0, 0.05) is 39.6 Å². The van der Waals surface area contributed by atoms with Crippen molar-refractivity contribution in [1.82, 2.24) is 0 Å². The molecule has 0 aliphatic carbocycles. The molecule has 0 spiro atoms. The fourth-order valence-corrected chi connectivity index (χ4v) is 0.750. The number of carboxylic acid groups (broad SMARTS) is 6. The van der Waals surface area contributed by atoms with E-state index in [1.165, 1.54) is 19.6 Å². The first-order valence-corrected chi connectivity index (χ1v) is 8.71. The van der Waals surface area contributed by atoms with E-state index in [-0.39, 0.29) is 29.6 Å². The van der Waals surface area contributed by atoms with E-state index in [0.29, 0.717) is 0 Å². The molecule has 0 atom stereocenters. The number of rotatable bonds is 3. The smallest absolute Gasteiger partial charge is 0.550 e. The fourth-order valence-electron chi connectivity index (χ4n) is 0.750. The Kier molecular flexibility index (Phi) is 76.1. The zero-order valence-corrected chi connectivity index (χ0v) is 22.7. The second-order valence-corrected chi connectivity index (χ2v) is 4.87. The maximum Gasteiger partial charge on any atom is 1.00 e. The molecule has 0 aromatic carbocycles. The van der Waals surface area contributed by atoms with Gasteiger partial charge in [0.2, 0.25) is 0 Å². The molecule has 0 aliphatic rings. The van der Waals surface area contributed by atoms with Crippen molar-refractivity contribution in [3.8, 4) is 0 Å². The van der Waals surface area contributed by atoms with Crippen LogP contribution in [0.2, 0.25) is 0 Å². The molecule has 0 aromatic rings. The summed E-state index contributed by atoms with van der Waals surface area (Å²) < 4.78 is 0. The summed E-state index contributed by atoms with van der Waals surface area (Å²) in [5, 5.41) is 47.4. The molecule has 0 radical (unpaired) electrons. The van der Waals surface area contributed by atoms with Crippen molar-refractivity contribution >= 4 is 35.8 Å². The van der Waals surface area contributed by atoms with Gasteiger partial charge in [0.15, 0.2) is 0 Å². The molecule has 0 heterocycles. The van der Waals surface area contributed by atoms with Gasteiger partial charge < -0.3 is 45.1 Å². The molecule has 188 valence electrons. The van der Waals surface area contributed by atoms with Crippen LogP contribution in [0, 0.1) is 0 Å². The van der Waals surface area contributed by atoms with E-state index in [2.05, 4.69) is 20.8 Å². The minimum Gasteiger partial charge on any atom is -0.550 e. The van der Waals surface area contributed by atoms with Crippen LogP contribution in [-0.4, -0.2) is 75.9 Å². The van der Waals surface area contributed by atoms with Gasteiger partial charge in [-0.1, -0.05) is 0 Å². The Morgan fingerprint density at radius 2 is 0.594 bits per heavy atom. The molecule has 0 saturated heterocycles. The Labute approximate surface area is 211 Å². The first kappa shape index (κ1) is 52.0. The third-order valence-electron chi connectivity index (χ3n) is 1.50. The molecule has 0 unspecified atom stereocenters. The van der Waals surface area contributed by atoms with Crippen molar-refractivity contribution in [2.45, 2.75) is 62.3 Å². The molecule has 32 heavy (non-hydrogen) atoms. The molecule has 0 fully saturated rings. The maximum atomic E-state index is 9.00. The van der Waals surface area contributed by atoms with E-state index in [1.54, 1.807) is 4.90 Å². The molecule has 0 rings (SSSR count). The van der Waals surface area contributed by atoms with Gasteiger partial charge in [0.25, 0.3) is 23.9 Å². The largest absolute Gasteiger partial charge is 1.00 e. The van der Waals surface area contributed by atoms with Crippen LogP contribution in [0.5, 0.6) is 0 Å². The van der Waals surface area contributed by atoms with Gasteiger partial charge in [-0.05, 0) is 34.6 Å². The van der Waals surface area contributed by atoms with Crippen LogP contribution >= 0.6 is 0 Å². The third-order valence-corrected chi connectivity index (χ3v) is 1.50. The van der Waals surface area contributed by atoms with E-state index in [1.807, 2.05) is 0 Å². The second kappa shape index (κ2) is 46.8. The van der Waals surface area contributed by atoms with Crippen LogP contribution in [0.3, 0.4) is 0 Å².